The number of rotatable bonds is 3. The molecule has 0 spiro atoms. The molecule has 0 rings (SSSR count). The molecule has 0 saturated heterocycles. The second-order valence-corrected chi connectivity index (χ2v) is 1.94. The van der Waals surface area contributed by atoms with E-state index in [0.717, 1.165) is 6.42 Å². The van der Waals surface area contributed by atoms with Crippen molar-refractivity contribution < 1.29 is 0 Å². The molecule has 1 heteroatoms. The molecule has 0 aliphatic carbocycles. The Labute approximate surface area is 57.1 Å². The highest BCUT2D eigenvalue weighted by Crippen LogP contribution is 1.96. The Morgan fingerprint density at radius 1 is 1.38 bits per heavy atom. The summed E-state index contributed by atoms with van der Waals surface area (Å²) in [7, 11) is 0. The molecule has 45 valence electrons. The lowest BCUT2D eigenvalue weighted by atomic mass is 10.2. The molecule has 1 radical (unpaired) electrons. The monoisotopic (exact) mass is 127 g/mol. The molecule has 0 N–H and O–H groups in total. The van der Waals surface area contributed by atoms with Crippen LogP contribution in [0.3, 0.4) is 0 Å². The molecule has 0 bridgehead atoms. The van der Waals surface area contributed by atoms with Gasteiger partial charge in [-0.1, -0.05) is 25.7 Å². The summed E-state index contributed by atoms with van der Waals surface area (Å²) in [5, 5.41) is 2.46. The van der Waals surface area contributed by atoms with Gasteiger partial charge in [0.1, 0.15) is 0 Å². The minimum Gasteiger partial charge on any atom is -0.0865 e. The molecule has 0 heterocycles. The second-order valence-electron chi connectivity index (χ2n) is 1.74. The Kier molecular flexibility index (Phi) is 6.59. The molecule has 0 aliphatic rings. The normalized spacial score (nSPS) is 7.62. The minimum absolute atomic E-state index is 0.983. The minimum atomic E-state index is 0.983. The molecule has 0 fully saturated rings. The van der Waals surface area contributed by atoms with Crippen molar-refractivity contribution in [3.63, 3.8) is 0 Å². The highest BCUT2D eigenvalue weighted by atomic mass is 32.1. The van der Waals surface area contributed by atoms with E-state index < -0.39 is 0 Å². The van der Waals surface area contributed by atoms with Crippen molar-refractivity contribution in [1.82, 2.24) is 0 Å². The van der Waals surface area contributed by atoms with Crippen LogP contribution in [0.2, 0.25) is 0 Å². The van der Waals surface area contributed by atoms with E-state index >= 15 is 0 Å². The van der Waals surface area contributed by atoms with Crippen LogP contribution in [0.4, 0.5) is 0 Å². The molecule has 0 atom stereocenters. The zero-order valence-electron chi connectivity index (χ0n) is 5.24. The van der Waals surface area contributed by atoms with E-state index in [2.05, 4.69) is 30.7 Å². The maximum atomic E-state index is 4.44. The zero-order valence-corrected chi connectivity index (χ0v) is 6.05. The summed E-state index contributed by atoms with van der Waals surface area (Å²) in [4.78, 5) is 0. The number of hydrogen-bond donors (Lipinski definition) is 0. The molecule has 0 unspecified atom stereocenters. The summed E-state index contributed by atoms with van der Waals surface area (Å²) in [6.07, 6.45) is 4.74. The van der Waals surface area contributed by atoms with Crippen molar-refractivity contribution in [1.29, 1.82) is 0 Å². The van der Waals surface area contributed by atoms with Crippen molar-refractivity contribution in [3.8, 4) is 11.2 Å². The zero-order chi connectivity index (χ0) is 6.24. The summed E-state index contributed by atoms with van der Waals surface area (Å²) in [5.41, 5.74) is 0. The molecular formula is C7H11S. The summed E-state index contributed by atoms with van der Waals surface area (Å²) in [6, 6.07) is 0. The Morgan fingerprint density at radius 2 is 2.12 bits per heavy atom. The molecular weight excluding hydrogens is 116 g/mol. The van der Waals surface area contributed by atoms with Crippen LogP contribution in [-0.2, 0) is 0 Å². The molecule has 0 saturated carbocycles. The Balaban J connectivity index is 2.79. The second kappa shape index (κ2) is 6.78. The van der Waals surface area contributed by atoms with Crippen LogP contribution in [-0.4, -0.2) is 0 Å². The average Bonchev–Trinajstić information content (AvgIpc) is 1.81. The molecule has 0 aliphatic heterocycles. The lowest BCUT2D eigenvalue weighted by molar-refractivity contribution is 0.737. The Hall–Kier alpha value is -0.220. The number of hydrogen-bond acceptors (Lipinski definition) is 0. The fourth-order valence-electron chi connectivity index (χ4n) is 0.514. The van der Waals surface area contributed by atoms with Crippen molar-refractivity contribution in [3.05, 3.63) is 0 Å². The van der Waals surface area contributed by atoms with E-state index in [1.165, 1.54) is 19.3 Å². The van der Waals surface area contributed by atoms with Gasteiger partial charge in [0, 0.05) is 11.7 Å². The van der Waals surface area contributed by atoms with Crippen molar-refractivity contribution in [2.45, 2.75) is 32.6 Å². The van der Waals surface area contributed by atoms with Crippen LogP contribution in [0.1, 0.15) is 32.6 Å². The van der Waals surface area contributed by atoms with Gasteiger partial charge in [0.05, 0.1) is 0 Å². The Morgan fingerprint density at radius 3 is 2.62 bits per heavy atom. The largest absolute Gasteiger partial charge is 0.0865 e. The lowest BCUT2D eigenvalue weighted by Gasteiger charge is -1.86. The predicted molar refractivity (Wildman–Crippen MR) is 39.5 cm³/mol. The fraction of sp³-hybridized carbons (Fsp3) is 0.714. The molecule has 0 aromatic heterocycles. The fourth-order valence-corrected chi connectivity index (χ4v) is 0.616. The first-order valence-corrected chi connectivity index (χ1v) is 3.42. The van der Waals surface area contributed by atoms with Crippen LogP contribution >= 0.6 is 12.6 Å². The van der Waals surface area contributed by atoms with Gasteiger partial charge in [0.25, 0.3) is 0 Å². The molecule has 0 aromatic rings. The lowest BCUT2D eigenvalue weighted by Crippen LogP contribution is -1.69. The van der Waals surface area contributed by atoms with Crippen LogP contribution in [0.5, 0.6) is 0 Å². The summed E-state index contributed by atoms with van der Waals surface area (Å²) < 4.78 is 0. The van der Waals surface area contributed by atoms with Crippen LogP contribution in [0.25, 0.3) is 0 Å². The maximum absolute atomic E-state index is 4.44. The van der Waals surface area contributed by atoms with Gasteiger partial charge in [0.2, 0.25) is 0 Å². The first kappa shape index (κ1) is 7.78. The van der Waals surface area contributed by atoms with Crippen molar-refractivity contribution in [2.24, 2.45) is 0 Å². The van der Waals surface area contributed by atoms with Gasteiger partial charge >= 0.3 is 0 Å². The Bertz CT molecular complexity index is 86.3. The first-order valence-electron chi connectivity index (χ1n) is 3.01. The molecule has 0 nitrogen and oxygen atoms in total. The van der Waals surface area contributed by atoms with Gasteiger partial charge in [-0.2, -0.15) is 0 Å². The van der Waals surface area contributed by atoms with E-state index in [9.17, 15) is 0 Å². The predicted octanol–water partition coefficient (Wildman–Crippen LogP) is 2.73. The molecule has 0 aromatic carbocycles. The van der Waals surface area contributed by atoms with E-state index in [1.54, 1.807) is 0 Å². The van der Waals surface area contributed by atoms with Crippen LogP contribution < -0.4 is 0 Å². The molecule has 8 heavy (non-hydrogen) atoms. The van der Waals surface area contributed by atoms with E-state index in [1.807, 2.05) is 0 Å². The van der Waals surface area contributed by atoms with E-state index in [0.29, 0.717) is 0 Å². The van der Waals surface area contributed by atoms with Crippen LogP contribution in [0.15, 0.2) is 0 Å². The summed E-state index contributed by atoms with van der Waals surface area (Å²) in [6.45, 7) is 2.18. The van der Waals surface area contributed by atoms with Crippen molar-refractivity contribution >= 4 is 12.6 Å². The highest BCUT2D eigenvalue weighted by Gasteiger charge is 1.78. The third-order valence-electron chi connectivity index (χ3n) is 0.977. The van der Waals surface area contributed by atoms with Crippen LogP contribution in [0, 0.1) is 11.2 Å². The number of unbranched alkanes of at least 4 members (excludes halogenated alkanes) is 3. The molecule has 0 amide bonds. The van der Waals surface area contributed by atoms with E-state index in [-0.39, 0.29) is 0 Å². The van der Waals surface area contributed by atoms with Gasteiger partial charge in [-0.3, -0.25) is 0 Å². The van der Waals surface area contributed by atoms with Gasteiger partial charge < -0.3 is 0 Å². The maximum Gasteiger partial charge on any atom is 0.0101 e. The highest BCUT2D eigenvalue weighted by molar-refractivity contribution is 7.85. The standard InChI is InChI=1S/C7H11S/c1-2-3-4-5-6-7-8/h2-5H2,1H3. The SMILES string of the molecule is CCCCCC#C[S]. The third-order valence-corrected chi connectivity index (χ3v) is 1.12. The van der Waals surface area contributed by atoms with Gasteiger partial charge in [-0.25, -0.2) is 0 Å². The van der Waals surface area contributed by atoms with Gasteiger partial charge in [-0.05, 0) is 19.0 Å². The van der Waals surface area contributed by atoms with E-state index in [4.69, 9.17) is 0 Å². The van der Waals surface area contributed by atoms with Crippen molar-refractivity contribution in [2.75, 3.05) is 0 Å². The summed E-state index contributed by atoms with van der Waals surface area (Å²) in [5.74, 6) is 2.85. The third kappa shape index (κ3) is 5.78. The first-order chi connectivity index (χ1) is 3.91. The smallest absolute Gasteiger partial charge is 0.0101 e. The van der Waals surface area contributed by atoms with Gasteiger partial charge in [-0.15, -0.1) is 0 Å². The topological polar surface area (TPSA) is 0 Å². The average molecular weight is 127 g/mol. The quantitative estimate of drug-likeness (QED) is 0.404. The van der Waals surface area contributed by atoms with Gasteiger partial charge in [0.15, 0.2) is 0 Å². The summed E-state index contributed by atoms with van der Waals surface area (Å²) >= 11 is 4.44.